The van der Waals surface area contributed by atoms with Gasteiger partial charge in [0, 0.05) is 19.0 Å². The second kappa shape index (κ2) is 8.65. The Hall–Kier alpha value is -2.54. The highest BCUT2D eigenvalue weighted by Gasteiger charge is 2.14. The topological polar surface area (TPSA) is 77.8 Å². The molecule has 0 spiro atoms. The van der Waals surface area contributed by atoms with Gasteiger partial charge in [0.25, 0.3) is 0 Å². The number of fused-ring (bicyclic) bond motifs is 1. The Labute approximate surface area is 170 Å². The van der Waals surface area contributed by atoms with E-state index in [0.717, 1.165) is 11.1 Å². The van der Waals surface area contributed by atoms with Crippen molar-refractivity contribution in [2.45, 2.75) is 13.0 Å². The van der Waals surface area contributed by atoms with Crippen LogP contribution in [0.2, 0.25) is 10.0 Å². The smallest absolute Gasteiger partial charge is 0.449 e. The fraction of sp³-hybridized carbons (Fsp3) is 0.200. The highest BCUT2D eigenvalue weighted by molar-refractivity contribution is 6.42. The van der Waals surface area contributed by atoms with Crippen molar-refractivity contribution < 1.29 is 19.4 Å². The van der Waals surface area contributed by atoms with Crippen molar-refractivity contribution >= 4 is 40.3 Å². The summed E-state index contributed by atoms with van der Waals surface area (Å²) in [4.78, 5) is 23.7. The Kier molecular flexibility index (Phi) is 6.24. The van der Waals surface area contributed by atoms with E-state index in [-0.39, 0.29) is 5.75 Å². The van der Waals surface area contributed by atoms with Crippen molar-refractivity contribution in [1.82, 2.24) is 4.57 Å². The van der Waals surface area contributed by atoms with Crippen LogP contribution >= 0.6 is 23.2 Å². The fourth-order valence-corrected chi connectivity index (χ4v) is 3.36. The zero-order valence-corrected chi connectivity index (χ0v) is 16.5. The molecule has 8 heteroatoms. The molecular formula is C20H17Cl2NO5. The molecule has 0 unspecified atom stereocenters. The molecule has 0 atom stereocenters. The van der Waals surface area contributed by atoms with Gasteiger partial charge in [-0.15, -0.1) is 0 Å². The molecule has 1 aromatic heterocycles. The van der Waals surface area contributed by atoms with Crippen molar-refractivity contribution in [2.75, 3.05) is 13.7 Å². The third-order valence-electron chi connectivity index (χ3n) is 4.27. The molecule has 0 aliphatic carbocycles. The van der Waals surface area contributed by atoms with Gasteiger partial charge in [0.2, 0.25) is 5.43 Å². The Morgan fingerprint density at radius 2 is 2.00 bits per heavy atom. The highest BCUT2D eigenvalue weighted by Crippen LogP contribution is 2.28. The summed E-state index contributed by atoms with van der Waals surface area (Å²) in [5.74, 6) is -0.256. The molecule has 0 bridgehead atoms. The number of halogens is 2. The van der Waals surface area contributed by atoms with Crippen LogP contribution in [0.1, 0.15) is 11.1 Å². The number of hydrogen-bond donors (Lipinski definition) is 1. The first kappa shape index (κ1) is 20.2. The predicted molar refractivity (Wildman–Crippen MR) is 108 cm³/mol. The summed E-state index contributed by atoms with van der Waals surface area (Å²) in [6, 6.07) is 10.8. The number of rotatable bonds is 6. The molecule has 0 aliphatic rings. The van der Waals surface area contributed by atoms with Crippen LogP contribution in [0.3, 0.4) is 0 Å². The minimum absolute atomic E-state index is 0.256. The van der Waals surface area contributed by atoms with Crippen LogP contribution in [0.5, 0.6) is 5.75 Å². The Morgan fingerprint density at radius 3 is 2.71 bits per heavy atom. The quantitative estimate of drug-likeness (QED) is 0.588. The van der Waals surface area contributed by atoms with E-state index in [1.54, 1.807) is 29.9 Å². The molecule has 0 amide bonds. The molecule has 0 saturated heterocycles. The second-order valence-corrected chi connectivity index (χ2v) is 6.90. The second-order valence-electron chi connectivity index (χ2n) is 6.12. The summed E-state index contributed by atoms with van der Waals surface area (Å²) in [5.41, 5.74) is 1.82. The van der Waals surface area contributed by atoms with E-state index >= 15 is 0 Å². The van der Waals surface area contributed by atoms with Crippen molar-refractivity contribution in [2.24, 2.45) is 0 Å². The lowest BCUT2D eigenvalue weighted by molar-refractivity contribution is 0.143. The number of benzene rings is 2. The molecule has 6 nitrogen and oxygen atoms in total. The van der Waals surface area contributed by atoms with E-state index in [0.29, 0.717) is 40.5 Å². The third-order valence-corrected chi connectivity index (χ3v) is 5.13. The van der Waals surface area contributed by atoms with Crippen LogP contribution in [-0.4, -0.2) is 29.5 Å². The van der Waals surface area contributed by atoms with Crippen LogP contribution in [0.25, 0.3) is 10.9 Å². The number of aromatic nitrogens is 1. The normalized spacial score (nSPS) is 11.0. The summed E-state index contributed by atoms with van der Waals surface area (Å²) in [5, 5.41) is 10.2. The molecule has 1 N–H and O–H groups in total. The molecular weight excluding hydrogens is 405 g/mol. The summed E-state index contributed by atoms with van der Waals surface area (Å²) >= 11 is 12.3. The summed E-state index contributed by atoms with van der Waals surface area (Å²) in [6.45, 7) is 0.826. The average molecular weight is 422 g/mol. The lowest BCUT2D eigenvalue weighted by Crippen LogP contribution is -2.17. The molecule has 0 saturated carbocycles. The van der Waals surface area contributed by atoms with Gasteiger partial charge in [-0.2, -0.15) is 0 Å². The molecule has 0 radical (unpaired) electrons. The minimum Gasteiger partial charge on any atom is -0.449 e. The molecule has 2 aromatic carbocycles. The lowest BCUT2D eigenvalue weighted by atomic mass is 10.0. The van der Waals surface area contributed by atoms with Gasteiger partial charge in [-0.3, -0.25) is 4.79 Å². The van der Waals surface area contributed by atoms with Crippen molar-refractivity contribution in [3.8, 4) is 5.75 Å². The fourth-order valence-electron chi connectivity index (χ4n) is 2.97. The van der Waals surface area contributed by atoms with Gasteiger partial charge in [0.05, 0.1) is 28.4 Å². The van der Waals surface area contributed by atoms with Crippen LogP contribution < -0.4 is 10.2 Å². The number of nitrogens with zero attached hydrogens (tertiary/aromatic N) is 1. The van der Waals surface area contributed by atoms with E-state index in [9.17, 15) is 9.59 Å². The molecule has 0 aliphatic heterocycles. The Bertz CT molecular complexity index is 1090. The van der Waals surface area contributed by atoms with Gasteiger partial charge in [0.1, 0.15) is 0 Å². The Morgan fingerprint density at radius 1 is 1.21 bits per heavy atom. The zero-order valence-electron chi connectivity index (χ0n) is 14.9. The van der Waals surface area contributed by atoms with Gasteiger partial charge >= 0.3 is 6.16 Å². The van der Waals surface area contributed by atoms with Crippen LogP contribution in [0.4, 0.5) is 4.79 Å². The van der Waals surface area contributed by atoms with Crippen molar-refractivity contribution in [3.63, 3.8) is 0 Å². The van der Waals surface area contributed by atoms with Gasteiger partial charge in [-0.05, 0) is 35.7 Å². The molecule has 146 valence electrons. The van der Waals surface area contributed by atoms with Crippen LogP contribution in [0.15, 0.2) is 47.4 Å². The number of carboxylic acid groups (broad SMARTS) is 1. The minimum atomic E-state index is -1.54. The average Bonchev–Trinajstić information content (AvgIpc) is 2.66. The predicted octanol–water partition coefficient (Wildman–Crippen LogP) is 4.60. The first-order valence-electron chi connectivity index (χ1n) is 8.39. The lowest BCUT2D eigenvalue weighted by Gasteiger charge is -2.14. The van der Waals surface area contributed by atoms with Crippen LogP contribution in [0, 0.1) is 0 Å². The molecule has 1 heterocycles. The van der Waals surface area contributed by atoms with Gasteiger partial charge in [-0.25, -0.2) is 4.79 Å². The summed E-state index contributed by atoms with van der Waals surface area (Å²) in [7, 11) is 1.56. The molecule has 3 rings (SSSR count). The first-order valence-corrected chi connectivity index (χ1v) is 9.15. The molecule has 0 fully saturated rings. The zero-order chi connectivity index (χ0) is 20.3. The third kappa shape index (κ3) is 4.30. The number of ether oxygens (including phenoxy) is 2. The van der Waals surface area contributed by atoms with Crippen LogP contribution in [-0.2, 0) is 17.7 Å². The number of hydrogen-bond acceptors (Lipinski definition) is 4. The summed E-state index contributed by atoms with van der Waals surface area (Å²) in [6.07, 6.45) is 0.305. The highest BCUT2D eigenvalue weighted by atomic mass is 35.5. The molecule has 28 heavy (non-hydrogen) atoms. The first-order chi connectivity index (χ1) is 13.4. The maximum Gasteiger partial charge on any atom is 0.511 e. The largest absolute Gasteiger partial charge is 0.511 e. The SMILES string of the molecule is COCCn1cc(OC(=O)O)c(=O)c2cc(Cc3cccc(Cl)c3Cl)ccc21. The van der Waals surface area contributed by atoms with E-state index in [2.05, 4.69) is 4.74 Å². The Balaban J connectivity index is 2.10. The van der Waals surface area contributed by atoms with Gasteiger partial charge < -0.3 is 19.1 Å². The maximum absolute atomic E-state index is 12.7. The summed E-state index contributed by atoms with van der Waals surface area (Å²) < 4.78 is 11.5. The van der Waals surface area contributed by atoms with E-state index in [4.69, 9.17) is 33.0 Å². The van der Waals surface area contributed by atoms with E-state index in [1.807, 2.05) is 18.2 Å². The van der Waals surface area contributed by atoms with Gasteiger partial charge in [0.15, 0.2) is 5.75 Å². The van der Waals surface area contributed by atoms with Crippen molar-refractivity contribution in [3.05, 3.63) is 74.0 Å². The monoisotopic (exact) mass is 421 g/mol. The van der Waals surface area contributed by atoms with E-state index in [1.165, 1.54) is 6.20 Å². The maximum atomic E-state index is 12.7. The number of carbonyl (C=O) groups is 1. The number of pyridine rings is 1. The standard InChI is InChI=1S/C20H17Cl2NO5/c1-27-8-7-23-11-17(28-20(25)26)19(24)14-10-12(5-6-16(14)23)9-13-3-2-4-15(21)18(13)22/h2-6,10-11H,7-9H2,1H3,(H,25,26). The number of methoxy groups -OCH3 is 1. The molecule has 3 aromatic rings. The van der Waals surface area contributed by atoms with Gasteiger partial charge in [-0.1, -0.05) is 41.4 Å². The van der Waals surface area contributed by atoms with E-state index < -0.39 is 11.6 Å². The van der Waals surface area contributed by atoms with Crippen molar-refractivity contribution in [1.29, 1.82) is 0 Å².